The van der Waals surface area contributed by atoms with E-state index in [9.17, 15) is 4.79 Å². The Balaban J connectivity index is 4.44. The summed E-state index contributed by atoms with van der Waals surface area (Å²) in [6, 6.07) is 0. The lowest BCUT2D eigenvalue weighted by Gasteiger charge is -2.35. The van der Waals surface area contributed by atoms with Gasteiger partial charge in [-0.05, 0) is 33.2 Å². The molecule has 0 heterocycles. The highest BCUT2D eigenvalue weighted by atomic mass is 16.1. The van der Waals surface area contributed by atoms with E-state index in [-0.39, 0.29) is 5.91 Å². The van der Waals surface area contributed by atoms with Gasteiger partial charge in [-0.25, -0.2) is 0 Å². The van der Waals surface area contributed by atoms with Crippen LogP contribution < -0.4 is 5.73 Å². The molecule has 0 aromatic heterocycles. The summed E-state index contributed by atoms with van der Waals surface area (Å²) < 4.78 is 0. The number of nitrogens with two attached hydrogens (primary N) is 1. The van der Waals surface area contributed by atoms with Gasteiger partial charge in [0.25, 0.3) is 0 Å². The third-order valence-corrected chi connectivity index (χ3v) is 2.49. The van der Waals surface area contributed by atoms with Crippen LogP contribution in [-0.2, 0) is 4.79 Å². The molecule has 0 atom stereocenters. The van der Waals surface area contributed by atoms with Crippen molar-refractivity contribution in [1.82, 2.24) is 4.90 Å². The largest absolute Gasteiger partial charge is 0.368 e. The van der Waals surface area contributed by atoms with Crippen LogP contribution in [0.2, 0.25) is 0 Å². The fourth-order valence-corrected chi connectivity index (χ4v) is 1.34. The van der Waals surface area contributed by atoms with Gasteiger partial charge in [0.15, 0.2) is 0 Å². The zero-order valence-corrected chi connectivity index (χ0v) is 9.55. The summed E-state index contributed by atoms with van der Waals surface area (Å²) in [5, 5.41) is 0. The fourth-order valence-electron chi connectivity index (χ4n) is 1.34. The van der Waals surface area contributed by atoms with Crippen molar-refractivity contribution in [2.24, 2.45) is 5.73 Å². The fraction of sp³-hybridized carbons (Fsp3) is 0.727. The third kappa shape index (κ3) is 3.50. The highest BCUT2D eigenvalue weighted by Gasteiger charge is 2.31. The van der Waals surface area contributed by atoms with Crippen LogP contribution >= 0.6 is 0 Å². The number of carbonyl (C=O) groups excluding carboxylic acids is 1. The van der Waals surface area contributed by atoms with E-state index >= 15 is 0 Å². The summed E-state index contributed by atoms with van der Waals surface area (Å²) in [6.07, 6.45) is 3.77. The molecule has 0 spiro atoms. The van der Waals surface area contributed by atoms with Gasteiger partial charge in [-0.3, -0.25) is 9.69 Å². The van der Waals surface area contributed by atoms with Crippen LogP contribution in [0, 0.1) is 0 Å². The van der Waals surface area contributed by atoms with E-state index < -0.39 is 5.54 Å². The summed E-state index contributed by atoms with van der Waals surface area (Å²) in [5.74, 6) is -0.269. The summed E-state index contributed by atoms with van der Waals surface area (Å²) in [6.45, 7) is 11.2. The average Bonchev–Trinajstić information content (AvgIpc) is 2.11. The van der Waals surface area contributed by atoms with E-state index in [2.05, 4.69) is 18.4 Å². The number of hydrogen-bond donors (Lipinski definition) is 1. The van der Waals surface area contributed by atoms with Crippen molar-refractivity contribution in [1.29, 1.82) is 0 Å². The summed E-state index contributed by atoms with van der Waals surface area (Å²) >= 11 is 0. The van der Waals surface area contributed by atoms with Crippen molar-refractivity contribution in [2.45, 2.75) is 39.2 Å². The Morgan fingerprint density at radius 2 is 2.07 bits per heavy atom. The second-order valence-electron chi connectivity index (χ2n) is 3.99. The molecule has 3 heteroatoms. The van der Waals surface area contributed by atoms with Crippen molar-refractivity contribution >= 4 is 5.91 Å². The number of nitrogens with zero attached hydrogens (tertiary/aromatic N) is 1. The first-order valence-corrected chi connectivity index (χ1v) is 5.12. The van der Waals surface area contributed by atoms with Crippen molar-refractivity contribution in [3.8, 4) is 0 Å². The minimum Gasteiger partial charge on any atom is -0.368 e. The number of carbonyl (C=O) groups is 1. The van der Waals surface area contributed by atoms with Crippen LogP contribution in [0.5, 0.6) is 0 Å². The molecule has 0 rings (SSSR count). The van der Waals surface area contributed by atoms with Crippen molar-refractivity contribution in [2.75, 3.05) is 13.1 Å². The van der Waals surface area contributed by atoms with Crippen LogP contribution in [0.25, 0.3) is 0 Å². The summed E-state index contributed by atoms with van der Waals surface area (Å²) in [5.41, 5.74) is 4.81. The monoisotopic (exact) mass is 198 g/mol. The lowest BCUT2D eigenvalue weighted by molar-refractivity contribution is -0.128. The van der Waals surface area contributed by atoms with Crippen molar-refractivity contribution < 1.29 is 4.79 Å². The number of rotatable bonds is 7. The lowest BCUT2D eigenvalue weighted by Crippen LogP contribution is -2.53. The van der Waals surface area contributed by atoms with Gasteiger partial charge in [-0.15, -0.1) is 6.58 Å². The van der Waals surface area contributed by atoms with E-state index in [1.54, 1.807) is 0 Å². The molecule has 3 nitrogen and oxygen atoms in total. The molecule has 1 amide bonds. The molecule has 0 bridgehead atoms. The second-order valence-corrected chi connectivity index (χ2v) is 3.99. The second kappa shape index (κ2) is 5.81. The smallest absolute Gasteiger partial charge is 0.237 e. The number of amides is 1. The molecular weight excluding hydrogens is 176 g/mol. The van der Waals surface area contributed by atoms with Crippen molar-refractivity contribution in [3.63, 3.8) is 0 Å². The number of hydrogen-bond acceptors (Lipinski definition) is 2. The molecule has 0 aliphatic heterocycles. The van der Waals surface area contributed by atoms with Crippen LogP contribution in [0.15, 0.2) is 12.7 Å². The molecule has 0 aromatic rings. The summed E-state index contributed by atoms with van der Waals surface area (Å²) in [7, 11) is 0. The van der Waals surface area contributed by atoms with Gasteiger partial charge in [0, 0.05) is 6.54 Å². The Kier molecular flexibility index (Phi) is 5.46. The number of primary amides is 1. The van der Waals surface area contributed by atoms with Crippen LogP contribution in [-0.4, -0.2) is 29.4 Å². The van der Waals surface area contributed by atoms with Crippen molar-refractivity contribution in [3.05, 3.63) is 12.7 Å². The topological polar surface area (TPSA) is 46.3 Å². The third-order valence-electron chi connectivity index (χ3n) is 2.49. The highest BCUT2D eigenvalue weighted by molar-refractivity contribution is 5.83. The minimum atomic E-state index is -0.557. The standard InChI is InChI=1S/C11H22N2O/c1-5-7-9-13(8-6-2)11(3,4)10(12)14/h5H,1,6-9H2,2-4H3,(H2,12,14). The Labute approximate surface area is 87.0 Å². The molecule has 14 heavy (non-hydrogen) atoms. The van der Waals surface area contributed by atoms with Crippen LogP contribution in [0.1, 0.15) is 33.6 Å². The Hall–Kier alpha value is -0.830. The summed E-state index contributed by atoms with van der Waals surface area (Å²) in [4.78, 5) is 13.4. The molecular formula is C11H22N2O. The van der Waals surface area contributed by atoms with Gasteiger partial charge in [-0.2, -0.15) is 0 Å². The molecule has 0 saturated carbocycles. The molecule has 0 aliphatic rings. The maximum Gasteiger partial charge on any atom is 0.237 e. The van der Waals surface area contributed by atoms with Gasteiger partial charge in [-0.1, -0.05) is 13.0 Å². The first kappa shape index (κ1) is 13.2. The van der Waals surface area contributed by atoms with Gasteiger partial charge >= 0.3 is 0 Å². The normalized spacial score (nSPS) is 11.7. The zero-order chi connectivity index (χ0) is 11.2. The van der Waals surface area contributed by atoms with E-state index in [1.165, 1.54) is 0 Å². The van der Waals surface area contributed by atoms with Gasteiger partial charge in [0.05, 0.1) is 5.54 Å². The molecule has 0 aliphatic carbocycles. The van der Waals surface area contributed by atoms with Gasteiger partial charge in [0.2, 0.25) is 5.91 Å². The zero-order valence-electron chi connectivity index (χ0n) is 9.55. The minimum absolute atomic E-state index is 0.269. The maximum atomic E-state index is 11.3. The van der Waals surface area contributed by atoms with Crippen LogP contribution in [0.4, 0.5) is 0 Å². The lowest BCUT2D eigenvalue weighted by atomic mass is 10.0. The first-order chi connectivity index (χ1) is 6.46. The van der Waals surface area contributed by atoms with E-state index in [4.69, 9.17) is 5.73 Å². The molecule has 2 N–H and O–H groups in total. The Morgan fingerprint density at radius 3 is 2.43 bits per heavy atom. The quantitative estimate of drug-likeness (QED) is 0.631. The molecule has 0 saturated heterocycles. The van der Waals surface area contributed by atoms with E-state index in [0.717, 1.165) is 25.9 Å². The average molecular weight is 198 g/mol. The molecule has 0 radical (unpaired) electrons. The van der Waals surface area contributed by atoms with Gasteiger partial charge in [0.1, 0.15) is 0 Å². The predicted octanol–water partition coefficient (Wildman–Crippen LogP) is 1.54. The Morgan fingerprint density at radius 1 is 1.50 bits per heavy atom. The molecule has 82 valence electrons. The first-order valence-electron chi connectivity index (χ1n) is 5.12. The molecule has 0 unspecified atom stereocenters. The van der Waals surface area contributed by atoms with Gasteiger partial charge < -0.3 is 5.73 Å². The highest BCUT2D eigenvalue weighted by Crippen LogP contribution is 2.14. The van der Waals surface area contributed by atoms with Crippen LogP contribution in [0.3, 0.4) is 0 Å². The SMILES string of the molecule is C=CCCN(CCC)C(C)(C)C(N)=O. The van der Waals surface area contributed by atoms with E-state index in [1.807, 2.05) is 19.9 Å². The Bertz CT molecular complexity index is 199. The predicted molar refractivity (Wildman–Crippen MR) is 60.0 cm³/mol. The van der Waals surface area contributed by atoms with E-state index in [0.29, 0.717) is 0 Å². The maximum absolute atomic E-state index is 11.3. The molecule has 0 fully saturated rings. The molecule has 0 aromatic carbocycles.